The van der Waals surface area contributed by atoms with Gasteiger partial charge in [-0.15, -0.1) is 5.10 Å². The highest BCUT2D eigenvalue weighted by molar-refractivity contribution is 6.36. The summed E-state index contributed by atoms with van der Waals surface area (Å²) in [7, 11) is 0. The van der Waals surface area contributed by atoms with Gasteiger partial charge in [0.15, 0.2) is 5.82 Å². The molecular weight excluding hydrogens is 333 g/mol. The Hall–Kier alpha value is -1.82. The van der Waals surface area contributed by atoms with Crippen LogP contribution in [0.4, 0.5) is 5.69 Å². The lowest BCUT2D eigenvalue weighted by molar-refractivity contribution is 0.791. The minimum atomic E-state index is 0.405. The molecule has 3 aromatic rings. The van der Waals surface area contributed by atoms with Gasteiger partial charge in [0.2, 0.25) is 0 Å². The van der Waals surface area contributed by atoms with Crippen LogP contribution in [0.25, 0.3) is 17.1 Å². The van der Waals surface area contributed by atoms with Gasteiger partial charge in [-0.1, -0.05) is 40.9 Å². The van der Waals surface area contributed by atoms with Crippen LogP contribution in [0.15, 0.2) is 36.4 Å². The first kappa shape index (κ1) is 14.1. The number of rotatable bonds is 2. The maximum Gasteiger partial charge on any atom is 0.190 e. The van der Waals surface area contributed by atoms with Gasteiger partial charge in [0, 0.05) is 10.7 Å². The van der Waals surface area contributed by atoms with Crippen LogP contribution in [0, 0.1) is 0 Å². The topological polar surface area (TPSA) is 69.6 Å². The number of hydrogen-bond acceptors (Lipinski definition) is 4. The molecule has 0 bridgehead atoms. The molecule has 0 unspecified atom stereocenters. The molecule has 0 aliphatic heterocycles. The number of nitrogens with zero attached hydrogens (tertiary/aromatic N) is 4. The molecule has 1 aromatic heterocycles. The SMILES string of the molecule is Nc1cccc(Cl)c1-c1nnnn1-c1ccc(Cl)cc1Cl. The Kier molecular flexibility index (Phi) is 3.71. The molecule has 0 radical (unpaired) electrons. The zero-order chi connectivity index (χ0) is 15.0. The lowest BCUT2D eigenvalue weighted by Crippen LogP contribution is -2.03. The highest BCUT2D eigenvalue weighted by Crippen LogP contribution is 2.34. The molecule has 0 saturated heterocycles. The number of aromatic nitrogens is 4. The Bertz CT molecular complexity index is 795. The van der Waals surface area contributed by atoms with Gasteiger partial charge in [-0.25, -0.2) is 0 Å². The molecule has 8 heteroatoms. The molecule has 2 N–H and O–H groups in total. The molecule has 0 atom stereocenters. The van der Waals surface area contributed by atoms with Gasteiger partial charge in [-0.2, -0.15) is 4.68 Å². The van der Waals surface area contributed by atoms with Gasteiger partial charge in [-0.3, -0.25) is 0 Å². The summed E-state index contributed by atoms with van der Waals surface area (Å²) in [5.41, 5.74) is 7.58. The summed E-state index contributed by atoms with van der Waals surface area (Å²) in [4.78, 5) is 0. The van der Waals surface area contributed by atoms with Crippen molar-refractivity contribution in [2.75, 3.05) is 5.73 Å². The monoisotopic (exact) mass is 339 g/mol. The van der Waals surface area contributed by atoms with E-state index in [0.717, 1.165) is 0 Å². The van der Waals surface area contributed by atoms with Crippen molar-refractivity contribution in [3.63, 3.8) is 0 Å². The van der Waals surface area contributed by atoms with E-state index in [4.69, 9.17) is 40.5 Å². The lowest BCUT2D eigenvalue weighted by Gasteiger charge is -2.09. The first-order valence-electron chi connectivity index (χ1n) is 5.86. The summed E-state index contributed by atoms with van der Waals surface area (Å²) in [6, 6.07) is 10.2. The van der Waals surface area contributed by atoms with Gasteiger partial charge in [0.05, 0.1) is 21.3 Å². The third-order valence-electron chi connectivity index (χ3n) is 2.88. The highest BCUT2D eigenvalue weighted by atomic mass is 35.5. The van der Waals surface area contributed by atoms with Crippen molar-refractivity contribution >= 4 is 40.5 Å². The van der Waals surface area contributed by atoms with Crippen molar-refractivity contribution in [2.24, 2.45) is 0 Å². The first-order valence-corrected chi connectivity index (χ1v) is 6.99. The quantitative estimate of drug-likeness (QED) is 0.719. The Labute approximate surface area is 135 Å². The summed E-state index contributed by atoms with van der Waals surface area (Å²) in [6.07, 6.45) is 0. The van der Waals surface area contributed by atoms with Crippen molar-refractivity contribution in [1.82, 2.24) is 20.2 Å². The zero-order valence-corrected chi connectivity index (χ0v) is 12.7. The smallest absolute Gasteiger partial charge is 0.190 e. The summed E-state index contributed by atoms with van der Waals surface area (Å²) < 4.78 is 1.47. The number of nitrogens with two attached hydrogens (primary N) is 1. The summed E-state index contributed by atoms with van der Waals surface area (Å²) >= 11 is 18.3. The van der Waals surface area contributed by atoms with Crippen molar-refractivity contribution in [3.05, 3.63) is 51.5 Å². The summed E-state index contributed by atoms with van der Waals surface area (Å²) in [5.74, 6) is 0.405. The molecule has 1 heterocycles. The Morgan fingerprint density at radius 1 is 1.00 bits per heavy atom. The molecule has 5 nitrogen and oxygen atoms in total. The van der Waals surface area contributed by atoms with Crippen molar-refractivity contribution in [2.45, 2.75) is 0 Å². The average molecular weight is 341 g/mol. The molecule has 0 aliphatic carbocycles. The van der Waals surface area contributed by atoms with E-state index in [1.807, 2.05) is 0 Å². The van der Waals surface area contributed by atoms with E-state index >= 15 is 0 Å². The van der Waals surface area contributed by atoms with Crippen molar-refractivity contribution in [1.29, 1.82) is 0 Å². The van der Waals surface area contributed by atoms with E-state index in [1.165, 1.54) is 4.68 Å². The predicted molar refractivity (Wildman–Crippen MR) is 84.0 cm³/mol. The molecule has 106 valence electrons. The van der Waals surface area contributed by atoms with Crippen LogP contribution in [-0.4, -0.2) is 20.2 Å². The zero-order valence-electron chi connectivity index (χ0n) is 10.5. The normalized spacial score (nSPS) is 10.8. The number of halogens is 3. The van der Waals surface area contributed by atoms with Crippen molar-refractivity contribution in [3.8, 4) is 17.1 Å². The fourth-order valence-electron chi connectivity index (χ4n) is 1.94. The Balaban J connectivity index is 2.22. The van der Waals surface area contributed by atoms with Crippen LogP contribution in [-0.2, 0) is 0 Å². The molecule has 21 heavy (non-hydrogen) atoms. The second-order valence-electron chi connectivity index (χ2n) is 4.21. The van der Waals surface area contributed by atoms with Crippen LogP contribution in [0.5, 0.6) is 0 Å². The number of tetrazole rings is 1. The van der Waals surface area contributed by atoms with E-state index in [0.29, 0.717) is 37.8 Å². The van der Waals surface area contributed by atoms with E-state index in [2.05, 4.69) is 15.5 Å². The third-order valence-corrected chi connectivity index (χ3v) is 3.73. The minimum Gasteiger partial charge on any atom is -0.398 e. The van der Waals surface area contributed by atoms with Gasteiger partial charge in [0.25, 0.3) is 0 Å². The standard InChI is InChI=1S/C13H8Cl3N5/c14-7-4-5-11(9(16)6-7)21-13(18-19-20-21)12-8(15)2-1-3-10(12)17/h1-6H,17H2. The average Bonchev–Trinajstić information content (AvgIpc) is 2.87. The van der Waals surface area contributed by atoms with Gasteiger partial charge in [0.1, 0.15) is 0 Å². The number of benzene rings is 2. The second kappa shape index (κ2) is 5.52. The predicted octanol–water partition coefficient (Wildman–Crippen LogP) is 3.87. The first-order chi connectivity index (χ1) is 10.1. The number of hydrogen-bond donors (Lipinski definition) is 1. The van der Waals surface area contributed by atoms with Gasteiger partial charge < -0.3 is 5.73 Å². The van der Waals surface area contributed by atoms with Crippen LogP contribution in [0.2, 0.25) is 15.1 Å². The molecule has 0 spiro atoms. The van der Waals surface area contributed by atoms with Crippen LogP contribution in [0.3, 0.4) is 0 Å². The molecule has 2 aromatic carbocycles. The minimum absolute atomic E-state index is 0.405. The summed E-state index contributed by atoms with van der Waals surface area (Å²) in [6.45, 7) is 0. The van der Waals surface area contributed by atoms with Gasteiger partial charge >= 0.3 is 0 Å². The van der Waals surface area contributed by atoms with Crippen LogP contribution >= 0.6 is 34.8 Å². The molecule has 0 fully saturated rings. The fraction of sp³-hybridized carbons (Fsp3) is 0. The number of anilines is 1. The van der Waals surface area contributed by atoms with E-state index in [1.54, 1.807) is 36.4 Å². The van der Waals surface area contributed by atoms with E-state index in [9.17, 15) is 0 Å². The third kappa shape index (κ3) is 2.55. The van der Waals surface area contributed by atoms with E-state index in [-0.39, 0.29) is 0 Å². The second-order valence-corrected chi connectivity index (χ2v) is 5.46. The van der Waals surface area contributed by atoms with E-state index < -0.39 is 0 Å². The number of nitrogen functional groups attached to an aromatic ring is 1. The van der Waals surface area contributed by atoms with Gasteiger partial charge in [-0.05, 0) is 40.8 Å². The lowest BCUT2D eigenvalue weighted by atomic mass is 10.1. The largest absolute Gasteiger partial charge is 0.398 e. The summed E-state index contributed by atoms with van der Waals surface area (Å²) in [5, 5.41) is 13.0. The maximum absolute atomic E-state index is 6.20. The van der Waals surface area contributed by atoms with Crippen LogP contribution < -0.4 is 5.73 Å². The Morgan fingerprint density at radius 3 is 2.52 bits per heavy atom. The van der Waals surface area contributed by atoms with Crippen molar-refractivity contribution < 1.29 is 0 Å². The van der Waals surface area contributed by atoms with Crippen LogP contribution in [0.1, 0.15) is 0 Å². The fourth-order valence-corrected chi connectivity index (χ4v) is 2.69. The molecule has 0 saturated carbocycles. The Morgan fingerprint density at radius 2 is 1.81 bits per heavy atom. The molecular formula is C13H8Cl3N5. The maximum atomic E-state index is 6.20. The molecule has 0 amide bonds. The molecule has 0 aliphatic rings. The highest BCUT2D eigenvalue weighted by Gasteiger charge is 2.18. The molecule has 3 rings (SSSR count).